The van der Waals surface area contributed by atoms with E-state index in [9.17, 15) is 0 Å². The first kappa shape index (κ1) is 17.7. The van der Waals surface area contributed by atoms with Gasteiger partial charge >= 0.3 is 0 Å². The van der Waals surface area contributed by atoms with Crippen molar-refractivity contribution in [1.82, 2.24) is 5.32 Å². The molecule has 4 heteroatoms. The number of fused-ring (bicyclic) bond motifs is 1. The highest BCUT2D eigenvalue weighted by atomic mass is 35.5. The van der Waals surface area contributed by atoms with Gasteiger partial charge in [0.05, 0.1) is 16.6 Å². The minimum absolute atomic E-state index is 0.395. The standard InChI is InChI=1S/C20H19Cl2NS/c1-2-11-23-19-9-7-16-15(19)4-3-5-20(16)24-12-10-14-6-8-17(21)18(22)13-14/h1,3-6,8,13,19,23H,7,9-12H2. The normalized spacial score (nSPS) is 16.0. The molecule has 0 saturated heterocycles. The maximum Gasteiger partial charge on any atom is 0.0595 e. The molecule has 0 aliphatic heterocycles. The SMILES string of the molecule is C#CCNC1CCc2c(SCCc3ccc(Cl)c(Cl)c3)cccc21. The van der Waals surface area contributed by atoms with Crippen LogP contribution in [-0.2, 0) is 12.8 Å². The maximum absolute atomic E-state index is 6.08. The maximum atomic E-state index is 6.08. The summed E-state index contributed by atoms with van der Waals surface area (Å²) in [5.74, 6) is 3.69. The Bertz CT molecular complexity index is 767. The van der Waals surface area contributed by atoms with E-state index in [4.69, 9.17) is 29.6 Å². The third-order valence-corrected chi connectivity index (χ3v) is 6.15. The van der Waals surface area contributed by atoms with E-state index in [0.29, 0.717) is 22.6 Å². The van der Waals surface area contributed by atoms with Gasteiger partial charge in [-0.1, -0.05) is 47.3 Å². The smallest absolute Gasteiger partial charge is 0.0595 e. The van der Waals surface area contributed by atoms with Crippen LogP contribution in [0.4, 0.5) is 0 Å². The molecule has 1 atom stereocenters. The van der Waals surface area contributed by atoms with Gasteiger partial charge in [-0.05, 0) is 54.2 Å². The zero-order chi connectivity index (χ0) is 16.9. The Balaban J connectivity index is 1.63. The Morgan fingerprint density at radius 1 is 1.21 bits per heavy atom. The van der Waals surface area contributed by atoms with Gasteiger partial charge in [-0.25, -0.2) is 0 Å². The second-order valence-corrected chi connectivity index (χ2v) is 7.80. The van der Waals surface area contributed by atoms with Crippen molar-refractivity contribution in [3.8, 4) is 12.3 Å². The van der Waals surface area contributed by atoms with E-state index >= 15 is 0 Å². The summed E-state index contributed by atoms with van der Waals surface area (Å²) < 4.78 is 0. The first-order chi connectivity index (χ1) is 11.7. The van der Waals surface area contributed by atoms with Crippen molar-refractivity contribution in [3.63, 3.8) is 0 Å². The third-order valence-electron chi connectivity index (χ3n) is 4.31. The van der Waals surface area contributed by atoms with Gasteiger partial charge in [0.25, 0.3) is 0 Å². The summed E-state index contributed by atoms with van der Waals surface area (Å²) in [4.78, 5) is 1.39. The summed E-state index contributed by atoms with van der Waals surface area (Å²) in [6, 6.07) is 12.9. The minimum atomic E-state index is 0.395. The van der Waals surface area contributed by atoms with Gasteiger partial charge < -0.3 is 0 Å². The predicted molar refractivity (Wildman–Crippen MR) is 105 cm³/mol. The number of benzene rings is 2. The van der Waals surface area contributed by atoms with Gasteiger partial charge in [-0.2, -0.15) is 0 Å². The Morgan fingerprint density at radius 2 is 2.08 bits per heavy atom. The van der Waals surface area contributed by atoms with Crippen LogP contribution in [0.3, 0.4) is 0 Å². The molecular weight excluding hydrogens is 357 g/mol. The van der Waals surface area contributed by atoms with Crippen molar-refractivity contribution in [2.24, 2.45) is 0 Å². The molecule has 1 unspecified atom stereocenters. The number of nitrogens with one attached hydrogen (secondary N) is 1. The van der Waals surface area contributed by atoms with Gasteiger partial charge in [-0.3, -0.25) is 5.32 Å². The third kappa shape index (κ3) is 4.10. The molecule has 0 radical (unpaired) electrons. The molecule has 0 saturated carbocycles. The molecule has 1 aliphatic rings. The summed E-state index contributed by atoms with van der Waals surface area (Å²) in [5.41, 5.74) is 4.11. The molecule has 3 rings (SSSR count). The van der Waals surface area contributed by atoms with Crippen molar-refractivity contribution in [1.29, 1.82) is 0 Å². The molecule has 124 valence electrons. The van der Waals surface area contributed by atoms with Crippen LogP contribution < -0.4 is 5.32 Å². The fourth-order valence-electron chi connectivity index (χ4n) is 3.12. The van der Waals surface area contributed by atoms with Gasteiger partial charge in [0.15, 0.2) is 0 Å². The molecule has 0 bridgehead atoms. The lowest BCUT2D eigenvalue weighted by atomic mass is 10.1. The number of terminal acetylenes is 1. The molecule has 2 aromatic carbocycles. The quantitative estimate of drug-likeness (QED) is 0.525. The summed E-state index contributed by atoms with van der Waals surface area (Å²) in [5, 5.41) is 4.67. The highest BCUT2D eigenvalue weighted by molar-refractivity contribution is 7.99. The van der Waals surface area contributed by atoms with E-state index in [1.54, 1.807) is 0 Å². The van der Waals surface area contributed by atoms with E-state index in [2.05, 4.69) is 29.4 Å². The summed E-state index contributed by atoms with van der Waals surface area (Å²) in [6.07, 6.45) is 8.58. The van der Waals surface area contributed by atoms with Crippen LogP contribution in [0.1, 0.15) is 29.2 Å². The van der Waals surface area contributed by atoms with Crippen LogP contribution in [0.15, 0.2) is 41.3 Å². The van der Waals surface area contributed by atoms with Crippen molar-refractivity contribution in [3.05, 3.63) is 63.1 Å². The molecule has 0 amide bonds. The van der Waals surface area contributed by atoms with Crippen molar-refractivity contribution >= 4 is 35.0 Å². The van der Waals surface area contributed by atoms with Gasteiger partial charge in [0, 0.05) is 16.7 Å². The highest BCUT2D eigenvalue weighted by Crippen LogP contribution is 2.37. The second kappa shape index (κ2) is 8.32. The average molecular weight is 376 g/mol. The lowest BCUT2D eigenvalue weighted by Crippen LogP contribution is -2.19. The second-order valence-electron chi connectivity index (χ2n) is 5.85. The van der Waals surface area contributed by atoms with Crippen LogP contribution in [0, 0.1) is 12.3 Å². The molecule has 2 aromatic rings. The van der Waals surface area contributed by atoms with E-state index < -0.39 is 0 Å². The first-order valence-electron chi connectivity index (χ1n) is 8.04. The molecule has 1 aliphatic carbocycles. The number of aryl methyl sites for hydroxylation is 1. The first-order valence-corrected chi connectivity index (χ1v) is 9.78. The number of hydrogen-bond donors (Lipinski definition) is 1. The van der Waals surface area contributed by atoms with Gasteiger partial charge in [-0.15, -0.1) is 18.2 Å². The monoisotopic (exact) mass is 375 g/mol. The molecule has 1 nitrogen and oxygen atoms in total. The summed E-state index contributed by atoms with van der Waals surface area (Å²) >= 11 is 14.0. The fourth-order valence-corrected chi connectivity index (χ4v) is 4.57. The molecule has 0 aromatic heterocycles. The Hall–Kier alpha value is -1.11. The summed E-state index contributed by atoms with van der Waals surface area (Å²) in [6.45, 7) is 0.624. The van der Waals surface area contributed by atoms with Crippen molar-refractivity contribution < 1.29 is 0 Å². The van der Waals surface area contributed by atoms with Crippen LogP contribution in [0.25, 0.3) is 0 Å². The lowest BCUT2D eigenvalue weighted by Gasteiger charge is -2.13. The van der Waals surface area contributed by atoms with E-state index in [1.165, 1.54) is 21.6 Å². The zero-order valence-electron chi connectivity index (χ0n) is 13.3. The van der Waals surface area contributed by atoms with Crippen molar-refractivity contribution in [2.75, 3.05) is 12.3 Å². The predicted octanol–water partition coefficient (Wildman–Crippen LogP) is 5.54. The Morgan fingerprint density at radius 3 is 2.88 bits per heavy atom. The van der Waals surface area contributed by atoms with Gasteiger partial charge in [0.2, 0.25) is 0 Å². The van der Waals surface area contributed by atoms with Crippen LogP contribution in [-0.4, -0.2) is 12.3 Å². The number of rotatable bonds is 6. The lowest BCUT2D eigenvalue weighted by molar-refractivity contribution is 0.568. The largest absolute Gasteiger partial charge is 0.299 e. The fraction of sp³-hybridized carbons (Fsp3) is 0.300. The molecular formula is C20H19Cl2NS. The number of hydrogen-bond acceptors (Lipinski definition) is 2. The topological polar surface area (TPSA) is 12.0 Å². The van der Waals surface area contributed by atoms with E-state index in [0.717, 1.165) is 25.0 Å². The molecule has 0 spiro atoms. The van der Waals surface area contributed by atoms with Crippen molar-refractivity contribution in [2.45, 2.75) is 30.2 Å². The Labute approximate surface area is 158 Å². The minimum Gasteiger partial charge on any atom is -0.299 e. The average Bonchev–Trinajstić information content (AvgIpc) is 3.00. The van der Waals surface area contributed by atoms with E-state index in [-0.39, 0.29) is 0 Å². The Kier molecular flexibility index (Phi) is 6.14. The number of thioether (sulfide) groups is 1. The van der Waals surface area contributed by atoms with Crippen LogP contribution in [0.5, 0.6) is 0 Å². The zero-order valence-corrected chi connectivity index (χ0v) is 15.6. The highest BCUT2D eigenvalue weighted by Gasteiger charge is 2.23. The van der Waals surface area contributed by atoms with Gasteiger partial charge in [0.1, 0.15) is 0 Å². The molecule has 0 heterocycles. The van der Waals surface area contributed by atoms with Crippen LogP contribution >= 0.6 is 35.0 Å². The summed E-state index contributed by atoms with van der Waals surface area (Å²) in [7, 11) is 0. The number of halogens is 2. The molecule has 1 N–H and O–H groups in total. The van der Waals surface area contributed by atoms with Crippen LogP contribution in [0.2, 0.25) is 10.0 Å². The molecule has 0 fully saturated rings. The van der Waals surface area contributed by atoms with E-state index in [1.807, 2.05) is 30.0 Å². The molecule has 24 heavy (non-hydrogen) atoms.